The van der Waals surface area contributed by atoms with Gasteiger partial charge in [0.05, 0.1) is 5.60 Å². The van der Waals surface area contributed by atoms with E-state index in [1.807, 2.05) is 6.92 Å². The largest absolute Gasteiger partial charge is 0.388 e. The Bertz CT molecular complexity index is 225. The van der Waals surface area contributed by atoms with Crippen molar-refractivity contribution >= 4 is 5.91 Å². The molecule has 4 N–H and O–H groups in total. The zero-order chi connectivity index (χ0) is 12.0. The Labute approximate surface area is 96.3 Å². The van der Waals surface area contributed by atoms with Crippen molar-refractivity contribution in [1.29, 1.82) is 0 Å². The van der Waals surface area contributed by atoms with Gasteiger partial charge in [-0.05, 0) is 13.3 Å². The third-order valence-electron chi connectivity index (χ3n) is 2.86. The number of carbonyl (C=O) groups excluding carboxylic acids is 1. The molecule has 0 saturated carbocycles. The van der Waals surface area contributed by atoms with Crippen LogP contribution in [0.5, 0.6) is 0 Å². The van der Waals surface area contributed by atoms with Gasteiger partial charge in [0.25, 0.3) is 0 Å². The molecule has 0 aromatic heterocycles. The molecule has 1 aliphatic heterocycles. The number of hydrogen-bond donors (Lipinski definition) is 3. The molecular weight excluding hydrogens is 208 g/mol. The minimum atomic E-state index is -0.789. The van der Waals surface area contributed by atoms with Gasteiger partial charge in [-0.3, -0.25) is 4.79 Å². The average Bonchev–Trinajstić information content (AvgIpc) is 2.25. The van der Waals surface area contributed by atoms with Gasteiger partial charge < -0.3 is 20.9 Å². The van der Waals surface area contributed by atoms with Crippen molar-refractivity contribution in [2.45, 2.75) is 44.2 Å². The highest BCUT2D eigenvalue weighted by atomic mass is 16.5. The van der Waals surface area contributed by atoms with E-state index in [-0.39, 0.29) is 11.9 Å². The summed E-state index contributed by atoms with van der Waals surface area (Å²) in [5.41, 5.74) is 4.77. The molecule has 1 aliphatic rings. The molecule has 0 radical (unpaired) electrons. The number of carbonyl (C=O) groups is 1. The standard InChI is InChI=1S/C11H22N2O3/c1-9(12)2-3-10(14)13-8-11(15)4-6-16-7-5-11/h9,15H,2-8,12H2,1H3,(H,13,14). The van der Waals surface area contributed by atoms with Crippen molar-refractivity contribution in [3.8, 4) is 0 Å². The molecule has 0 aromatic carbocycles. The van der Waals surface area contributed by atoms with Crippen LogP contribution in [0, 0.1) is 0 Å². The van der Waals surface area contributed by atoms with Gasteiger partial charge in [0.1, 0.15) is 0 Å². The first kappa shape index (κ1) is 13.4. The van der Waals surface area contributed by atoms with Gasteiger partial charge >= 0.3 is 0 Å². The number of ether oxygens (including phenoxy) is 1. The highest BCUT2D eigenvalue weighted by Gasteiger charge is 2.29. The molecule has 1 atom stereocenters. The van der Waals surface area contributed by atoms with Crippen molar-refractivity contribution < 1.29 is 14.6 Å². The van der Waals surface area contributed by atoms with Crippen molar-refractivity contribution in [3.63, 3.8) is 0 Å². The Morgan fingerprint density at radius 2 is 2.19 bits per heavy atom. The van der Waals surface area contributed by atoms with Crippen LogP contribution < -0.4 is 11.1 Å². The van der Waals surface area contributed by atoms with E-state index < -0.39 is 5.60 Å². The molecule has 16 heavy (non-hydrogen) atoms. The van der Waals surface area contributed by atoms with Crippen LogP contribution >= 0.6 is 0 Å². The fourth-order valence-corrected chi connectivity index (χ4v) is 1.64. The number of aliphatic hydroxyl groups is 1. The molecule has 94 valence electrons. The molecule has 1 amide bonds. The lowest BCUT2D eigenvalue weighted by Crippen LogP contribution is -2.46. The summed E-state index contributed by atoms with van der Waals surface area (Å²) in [6.45, 7) is 3.31. The van der Waals surface area contributed by atoms with Gasteiger partial charge in [0, 0.05) is 45.1 Å². The first-order chi connectivity index (χ1) is 7.52. The fourth-order valence-electron chi connectivity index (χ4n) is 1.64. The van der Waals surface area contributed by atoms with Gasteiger partial charge in [-0.15, -0.1) is 0 Å². The Hall–Kier alpha value is -0.650. The van der Waals surface area contributed by atoms with E-state index in [1.165, 1.54) is 0 Å². The zero-order valence-electron chi connectivity index (χ0n) is 9.87. The Morgan fingerprint density at radius 1 is 1.56 bits per heavy atom. The maximum absolute atomic E-state index is 11.4. The van der Waals surface area contributed by atoms with E-state index >= 15 is 0 Å². The monoisotopic (exact) mass is 230 g/mol. The van der Waals surface area contributed by atoms with E-state index in [4.69, 9.17) is 10.5 Å². The Kier molecular flexibility index (Phi) is 5.18. The normalized spacial score (nSPS) is 21.4. The van der Waals surface area contributed by atoms with Crippen LogP contribution in [-0.2, 0) is 9.53 Å². The van der Waals surface area contributed by atoms with Crippen molar-refractivity contribution in [2.75, 3.05) is 19.8 Å². The lowest BCUT2D eigenvalue weighted by molar-refractivity contribution is -0.124. The predicted molar refractivity (Wildman–Crippen MR) is 60.9 cm³/mol. The molecule has 1 rings (SSSR count). The number of hydrogen-bond acceptors (Lipinski definition) is 4. The van der Waals surface area contributed by atoms with Crippen molar-refractivity contribution in [1.82, 2.24) is 5.32 Å². The van der Waals surface area contributed by atoms with Gasteiger partial charge in [-0.25, -0.2) is 0 Å². The first-order valence-electron chi connectivity index (χ1n) is 5.84. The smallest absolute Gasteiger partial charge is 0.220 e. The molecule has 1 saturated heterocycles. The Balaban J connectivity index is 2.19. The maximum atomic E-state index is 11.4. The maximum Gasteiger partial charge on any atom is 0.220 e. The van der Waals surface area contributed by atoms with Crippen molar-refractivity contribution in [3.05, 3.63) is 0 Å². The second-order valence-electron chi connectivity index (χ2n) is 4.63. The molecule has 5 nitrogen and oxygen atoms in total. The van der Waals surface area contributed by atoms with Crippen LogP contribution in [0.2, 0.25) is 0 Å². The van der Waals surface area contributed by atoms with Gasteiger partial charge in [-0.1, -0.05) is 0 Å². The number of amides is 1. The third-order valence-corrected chi connectivity index (χ3v) is 2.86. The molecular formula is C11H22N2O3. The molecule has 0 spiro atoms. The second-order valence-corrected chi connectivity index (χ2v) is 4.63. The van der Waals surface area contributed by atoms with Gasteiger partial charge in [-0.2, -0.15) is 0 Å². The molecule has 5 heteroatoms. The molecule has 1 heterocycles. The van der Waals surface area contributed by atoms with Crippen molar-refractivity contribution in [2.24, 2.45) is 5.73 Å². The molecule has 1 fully saturated rings. The van der Waals surface area contributed by atoms with E-state index in [2.05, 4.69) is 5.32 Å². The minimum absolute atomic E-state index is 0.0388. The number of nitrogens with two attached hydrogens (primary N) is 1. The highest BCUT2D eigenvalue weighted by Crippen LogP contribution is 2.19. The summed E-state index contributed by atoms with van der Waals surface area (Å²) >= 11 is 0. The first-order valence-corrected chi connectivity index (χ1v) is 5.84. The number of rotatable bonds is 5. The SMILES string of the molecule is CC(N)CCC(=O)NCC1(O)CCOCC1. The van der Waals surface area contributed by atoms with Gasteiger partial charge in [0.2, 0.25) is 5.91 Å². The summed E-state index contributed by atoms with van der Waals surface area (Å²) in [6.07, 6.45) is 2.26. The average molecular weight is 230 g/mol. The molecule has 0 bridgehead atoms. The van der Waals surface area contributed by atoms with Gasteiger partial charge in [0.15, 0.2) is 0 Å². The van der Waals surface area contributed by atoms with Crippen LogP contribution in [0.15, 0.2) is 0 Å². The minimum Gasteiger partial charge on any atom is -0.388 e. The lowest BCUT2D eigenvalue weighted by atomic mass is 9.94. The molecule has 0 aliphatic carbocycles. The van der Waals surface area contributed by atoms with E-state index in [0.29, 0.717) is 45.4 Å². The summed E-state index contributed by atoms with van der Waals surface area (Å²) in [7, 11) is 0. The summed E-state index contributed by atoms with van der Waals surface area (Å²) in [6, 6.07) is 0.0388. The third kappa shape index (κ3) is 4.92. The predicted octanol–water partition coefficient (Wildman–Crippen LogP) is -0.228. The molecule has 1 unspecified atom stereocenters. The topological polar surface area (TPSA) is 84.6 Å². The summed E-state index contributed by atoms with van der Waals surface area (Å²) in [4.78, 5) is 11.4. The van der Waals surface area contributed by atoms with Crippen LogP contribution in [0.3, 0.4) is 0 Å². The fraction of sp³-hybridized carbons (Fsp3) is 0.909. The summed E-state index contributed by atoms with van der Waals surface area (Å²) in [5, 5.41) is 12.8. The summed E-state index contributed by atoms with van der Waals surface area (Å²) in [5.74, 6) is -0.0442. The summed E-state index contributed by atoms with van der Waals surface area (Å²) < 4.78 is 5.16. The van der Waals surface area contributed by atoms with Crippen LogP contribution in [0.25, 0.3) is 0 Å². The Morgan fingerprint density at radius 3 is 2.75 bits per heavy atom. The molecule has 0 aromatic rings. The quantitative estimate of drug-likeness (QED) is 0.609. The number of nitrogens with one attached hydrogen (secondary N) is 1. The van der Waals surface area contributed by atoms with E-state index in [9.17, 15) is 9.90 Å². The van der Waals surface area contributed by atoms with E-state index in [1.54, 1.807) is 0 Å². The zero-order valence-corrected chi connectivity index (χ0v) is 9.87. The highest BCUT2D eigenvalue weighted by molar-refractivity contribution is 5.75. The van der Waals surface area contributed by atoms with Crippen LogP contribution in [0.4, 0.5) is 0 Å². The lowest BCUT2D eigenvalue weighted by Gasteiger charge is -2.32. The van der Waals surface area contributed by atoms with E-state index in [0.717, 1.165) is 0 Å². The van der Waals surface area contributed by atoms with Crippen LogP contribution in [0.1, 0.15) is 32.6 Å². The van der Waals surface area contributed by atoms with Crippen LogP contribution in [-0.4, -0.2) is 42.4 Å². The second kappa shape index (κ2) is 6.18.